The molecule has 0 spiro atoms. The summed E-state index contributed by atoms with van der Waals surface area (Å²) in [5.74, 6) is 1.97. The predicted octanol–water partition coefficient (Wildman–Crippen LogP) is 5.55. The molecule has 1 aliphatic heterocycles. The van der Waals surface area contributed by atoms with Gasteiger partial charge in [0.1, 0.15) is 23.3 Å². The number of hydrogen-bond donors (Lipinski definition) is 1. The average molecular weight is 427 g/mol. The molecule has 1 saturated heterocycles. The van der Waals surface area contributed by atoms with Crippen LogP contribution in [0, 0.1) is 18.3 Å². The van der Waals surface area contributed by atoms with Crippen molar-refractivity contribution in [1.29, 1.82) is 5.26 Å². The molecule has 1 aliphatic rings. The van der Waals surface area contributed by atoms with Gasteiger partial charge >= 0.3 is 0 Å². The van der Waals surface area contributed by atoms with Crippen LogP contribution in [0.4, 0.5) is 0 Å². The van der Waals surface area contributed by atoms with Gasteiger partial charge in [0, 0.05) is 41.5 Å². The van der Waals surface area contributed by atoms with Crippen molar-refractivity contribution in [3.05, 3.63) is 59.9 Å². The largest absolute Gasteiger partial charge is 0.492 e. The number of hydrogen-bond acceptors (Lipinski definition) is 5. The van der Waals surface area contributed by atoms with Crippen molar-refractivity contribution in [2.24, 2.45) is 0 Å². The van der Waals surface area contributed by atoms with E-state index in [1.807, 2.05) is 43.3 Å². The lowest BCUT2D eigenvalue weighted by Crippen LogP contribution is -2.22. The molecule has 0 amide bonds. The third-order valence-electron chi connectivity index (χ3n) is 5.95. The first-order valence-electron chi connectivity index (χ1n) is 11.1. The quantitative estimate of drug-likeness (QED) is 0.392. The topological polar surface area (TPSA) is 74.2 Å². The fourth-order valence-electron chi connectivity index (χ4n) is 4.36. The third kappa shape index (κ3) is 4.25. The predicted molar refractivity (Wildman–Crippen MR) is 125 cm³/mol. The Morgan fingerprint density at radius 3 is 2.81 bits per heavy atom. The van der Waals surface area contributed by atoms with Crippen LogP contribution in [0.2, 0.25) is 0 Å². The molecule has 6 heteroatoms. The molecule has 6 nitrogen and oxygen atoms in total. The molecule has 0 aliphatic carbocycles. The molecule has 5 rings (SSSR count). The lowest BCUT2D eigenvalue weighted by Gasteiger charge is -2.15. The number of fused-ring (bicyclic) bond motifs is 2. The summed E-state index contributed by atoms with van der Waals surface area (Å²) in [5.41, 5.74) is 3.37. The van der Waals surface area contributed by atoms with Crippen molar-refractivity contribution in [3.8, 4) is 23.3 Å². The molecule has 0 unspecified atom stereocenters. The van der Waals surface area contributed by atoms with E-state index in [2.05, 4.69) is 27.0 Å². The zero-order valence-electron chi connectivity index (χ0n) is 18.2. The Balaban J connectivity index is 1.36. The van der Waals surface area contributed by atoms with Crippen LogP contribution in [0.15, 0.2) is 48.7 Å². The molecule has 4 aromatic rings. The molecule has 3 heterocycles. The second-order valence-corrected chi connectivity index (χ2v) is 8.34. The van der Waals surface area contributed by atoms with Gasteiger partial charge in [0.05, 0.1) is 17.7 Å². The van der Waals surface area contributed by atoms with Crippen LogP contribution in [0.1, 0.15) is 30.5 Å². The molecular weight excluding hydrogens is 400 g/mol. The Morgan fingerprint density at radius 1 is 1.09 bits per heavy atom. The van der Waals surface area contributed by atoms with E-state index in [0.29, 0.717) is 23.7 Å². The monoisotopic (exact) mass is 426 g/mol. The summed E-state index contributed by atoms with van der Waals surface area (Å²) in [6.45, 7) is 6.02. The summed E-state index contributed by atoms with van der Waals surface area (Å²) in [4.78, 5) is 10.3. The number of aromatic amines is 1. The average Bonchev–Trinajstić information content (AvgIpc) is 3.44. The lowest BCUT2D eigenvalue weighted by atomic mass is 10.1. The number of likely N-dealkylation sites (tertiary alicyclic amines) is 1. The van der Waals surface area contributed by atoms with Gasteiger partial charge < -0.3 is 19.4 Å². The van der Waals surface area contributed by atoms with Crippen molar-refractivity contribution in [2.45, 2.75) is 26.2 Å². The summed E-state index contributed by atoms with van der Waals surface area (Å²) >= 11 is 0. The van der Waals surface area contributed by atoms with Crippen molar-refractivity contribution in [3.63, 3.8) is 0 Å². The van der Waals surface area contributed by atoms with Crippen LogP contribution < -0.4 is 9.47 Å². The van der Waals surface area contributed by atoms with E-state index < -0.39 is 0 Å². The molecule has 0 saturated carbocycles. The van der Waals surface area contributed by atoms with E-state index in [4.69, 9.17) is 9.47 Å². The van der Waals surface area contributed by atoms with Gasteiger partial charge in [0.25, 0.3) is 0 Å². The van der Waals surface area contributed by atoms with Gasteiger partial charge in [-0.2, -0.15) is 5.26 Å². The summed E-state index contributed by atoms with van der Waals surface area (Å²) < 4.78 is 12.2. The number of nitrogens with zero attached hydrogens (tertiary/aromatic N) is 3. The van der Waals surface area contributed by atoms with Crippen LogP contribution in [0.3, 0.4) is 0 Å². The van der Waals surface area contributed by atoms with Gasteiger partial charge in [0.2, 0.25) is 0 Å². The van der Waals surface area contributed by atoms with Gasteiger partial charge in [-0.05, 0) is 75.0 Å². The summed E-state index contributed by atoms with van der Waals surface area (Å²) in [7, 11) is 0. The normalized spacial score (nSPS) is 14.1. The highest BCUT2D eigenvalue weighted by atomic mass is 16.5. The third-order valence-corrected chi connectivity index (χ3v) is 5.95. The number of nitrogens with one attached hydrogen (secondary N) is 1. The lowest BCUT2D eigenvalue weighted by molar-refractivity contribution is 0.263. The zero-order valence-corrected chi connectivity index (χ0v) is 18.2. The minimum Gasteiger partial charge on any atom is -0.492 e. The Morgan fingerprint density at radius 2 is 1.97 bits per heavy atom. The first-order chi connectivity index (χ1) is 15.7. The van der Waals surface area contributed by atoms with E-state index in [1.54, 1.807) is 6.20 Å². The smallest absolute Gasteiger partial charge is 0.139 e. The van der Waals surface area contributed by atoms with Crippen LogP contribution >= 0.6 is 0 Å². The van der Waals surface area contributed by atoms with Crippen molar-refractivity contribution < 1.29 is 9.47 Å². The molecule has 1 N–H and O–H groups in total. The minimum absolute atomic E-state index is 0.493. The molecule has 2 aromatic heterocycles. The van der Waals surface area contributed by atoms with Gasteiger partial charge in [-0.1, -0.05) is 0 Å². The first kappa shape index (κ1) is 20.3. The van der Waals surface area contributed by atoms with Crippen LogP contribution in [-0.2, 0) is 0 Å². The number of aromatic nitrogens is 2. The van der Waals surface area contributed by atoms with E-state index in [-0.39, 0.29) is 0 Å². The zero-order chi connectivity index (χ0) is 21.9. The number of ether oxygens (including phenoxy) is 2. The Bertz CT molecular complexity index is 1300. The minimum atomic E-state index is 0.493. The maximum Gasteiger partial charge on any atom is 0.139 e. The van der Waals surface area contributed by atoms with Gasteiger partial charge in [-0.25, -0.2) is 0 Å². The first-order valence-corrected chi connectivity index (χ1v) is 11.1. The second-order valence-electron chi connectivity index (χ2n) is 8.34. The highest BCUT2D eigenvalue weighted by Gasteiger charge is 2.13. The molecule has 0 bridgehead atoms. The van der Waals surface area contributed by atoms with Gasteiger partial charge in [-0.3, -0.25) is 4.98 Å². The molecule has 0 atom stereocenters. The van der Waals surface area contributed by atoms with Crippen molar-refractivity contribution in [2.75, 3.05) is 26.2 Å². The van der Waals surface area contributed by atoms with Crippen molar-refractivity contribution in [1.82, 2.24) is 14.9 Å². The number of pyridine rings is 1. The fraction of sp³-hybridized carbons (Fsp3) is 0.308. The number of aryl methyl sites for hydroxylation is 1. The van der Waals surface area contributed by atoms with Crippen LogP contribution in [0.25, 0.3) is 21.8 Å². The molecule has 32 heavy (non-hydrogen) atoms. The standard InChI is InChI=1S/C26H26N4O2/c1-18-13-19-5-6-21(15-23(19)29-18)32-25-7-8-28-24-16-26(20(17-27)14-22(24)25)31-12-4-11-30-9-2-3-10-30/h5-8,13-16,29H,2-4,9-12H2,1H3. The van der Waals surface area contributed by atoms with Crippen LogP contribution in [-0.4, -0.2) is 41.1 Å². The summed E-state index contributed by atoms with van der Waals surface area (Å²) in [6.07, 6.45) is 5.25. The number of H-pyrrole nitrogens is 1. The van der Waals surface area contributed by atoms with E-state index >= 15 is 0 Å². The number of nitriles is 1. The second kappa shape index (κ2) is 8.89. The van der Waals surface area contributed by atoms with E-state index in [0.717, 1.165) is 46.2 Å². The summed E-state index contributed by atoms with van der Waals surface area (Å²) in [6, 6.07) is 15.8. The maximum atomic E-state index is 9.70. The SMILES string of the molecule is Cc1cc2ccc(Oc3ccnc4cc(OCCCN5CCCC5)c(C#N)cc34)cc2[nH]1. The number of rotatable bonds is 7. The van der Waals surface area contributed by atoms with Gasteiger partial charge in [0.15, 0.2) is 0 Å². The fourth-order valence-corrected chi connectivity index (χ4v) is 4.36. The number of benzene rings is 2. The molecule has 0 radical (unpaired) electrons. The van der Waals surface area contributed by atoms with Crippen molar-refractivity contribution >= 4 is 21.8 Å². The van der Waals surface area contributed by atoms with E-state index in [9.17, 15) is 5.26 Å². The highest BCUT2D eigenvalue weighted by molar-refractivity contribution is 5.88. The van der Waals surface area contributed by atoms with Gasteiger partial charge in [-0.15, -0.1) is 0 Å². The Hall–Kier alpha value is -3.56. The highest BCUT2D eigenvalue weighted by Crippen LogP contribution is 2.34. The Kier molecular flexibility index (Phi) is 5.66. The molecule has 162 valence electrons. The summed E-state index contributed by atoms with van der Waals surface area (Å²) in [5, 5.41) is 11.6. The van der Waals surface area contributed by atoms with E-state index in [1.165, 1.54) is 25.9 Å². The molecular formula is C26H26N4O2. The Labute approximate surface area is 187 Å². The van der Waals surface area contributed by atoms with Crippen LogP contribution in [0.5, 0.6) is 17.2 Å². The maximum absolute atomic E-state index is 9.70. The molecule has 1 fully saturated rings. The molecule has 2 aromatic carbocycles.